The maximum absolute atomic E-state index is 6.05. The van der Waals surface area contributed by atoms with Gasteiger partial charge in [0, 0.05) is 15.8 Å². The molecule has 0 fully saturated rings. The Kier molecular flexibility index (Phi) is 4.32. The van der Waals surface area contributed by atoms with Gasteiger partial charge >= 0.3 is 0 Å². The first-order valence-electron chi connectivity index (χ1n) is 6.57. The number of benzene rings is 2. The van der Waals surface area contributed by atoms with Crippen LogP contribution in [-0.4, -0.2) is 11.2 Å². The van der Waals surface area contributed by atoms with Crippen LogP contribution in [0.4, 0.5) is 0 Å². The van der Waals surface area contributed by atoms with Crippen molar-refractivity contribution in [2.45, 2.75) is 10.8 Å². The molecule has 0 aliphatic carbocycles. The van der Waals surface area contributed by atoms with Gasteiger partial charge in [0.1, 0.15) is 5.75 Å². The fourth-order valence-electron chi connectivity index (χ4n) is 2.13. The Hall–Kier alpha value is -1.71. The molecule has 2 nitrogen and oxygen atoms in total. The maximum atomic E-state index is 6.05. The zero-order chi connectivity index (χ0) is 14.7. The van der Waals surface area contributed by atoms with Gasteiger partial charge in [-0.1, -0.05) is 30.3 Å². The first-order valence-corrected chi connectivity index (χ1v) is 8.33. The highest BCUT2D eigenvalue weighted by molar-refractivity contribution is 7.98. The standard InChI is InChI=1S/C17H14ClNOS/c1-21-16-9-5-4-8-15(16)20-17-13(11-18)10-12-6-2-3-7-14(12)19-17/h2-10H,11H2,1H3. The highest BCUT2D eigenvalue weighted by atomic mass is 35.5. The minimum atomic E-state index is 0.370. The van der Waals surface area contributed by atoms with Gasteiger partial charge in [0.05, 0.1) is 11.4 Å². The maximum Gasteiger partial charge on any atom is 0.224 e. The number of rotatable bonds is 4. The Morgan fingerprint density at radius 2 is 1.86 bits per heavy atom. The molecule has 1 heterocycles. The summed E-state index contributed by atoms with van der Waals surface area (Å²) in [6.45, 7) is 0. The van der Waals surface area contributed by atoms with Crippen molar-refractivity contribution in [1.82, 2.24) is 4.98 Å². The number of hydrogen-bond acceptors (Lipinski definition) is 3. The second kappa shape index (κ2) is 6.37. The van der Waals surface area contributed by atoms with Crippen LogP contribution in [0.2, 0.25) is 0 Å². The number of pyridine rings is 1. The first kappa shape index (κ1) is 14.2. The lowest BCUT2D eigenvalue weighted by atomic mass is 10.2. The van der Waals surface area contributed by atoms with Gasteiger partial charge in [-0.2, -0.15) is 0 Å². The number of hydrogen-bond donors (Lipinski definition) is 0. The van der Waals surface area contributed by atoms with Crippen molar-refractivity contribution < 1.29 is 4.74 Å². The summed E-state index contributed by atoms with van der Waals surface area (Å²) in [5, 5.41) is 1.07. The van der Waals surface area contributed by atoms with E-state index in [9.17, 15) is 0 Å². The van der Waals surface area contributed by atoms with Crippen molar-refractivity contribution in [2.75, 3.05) is 6.26 Å². The lowest BCUT2D eigenvalue weighted by Gasteiger charge is -2.12. The van der Waals surface area contributed by atoms with Crippen LogP contribution in [0.25, 0.3) is 10.9 Å². The van der Waals surface area contributed by atoms with E-state index >= 15 is 0 Å². The van der Waals surface area contributed by atoms with Crippen LogP contribution in [0, 0.1) is 0 Å². The summed E-state index contributed by atoms with van der Waals surface area (Å²) < 4.78 is 6.01. The van der Waals surface area contributed by atoms with Gasteiger partial charge < -0.3 is 4.74 Å². The zero-order valence-corrected chi connectivity index (χ0v) is 13.1. The van der Waals surface area contributed by atoms with E-state index in [4.69, 9.17) is 16.3 Å². The molecule has 3 aromatic rings. The van der Waals surface area contributed by atoms with Crippen molar-refractivity contribution in [3.63, 3.8) is 0 Å². The second-order valence-electron chi connectivity index (χ2n) is 4.53. The SMILES string of the molecule is CSc1ccccc1Oc1nc2ccccc2cc1CCl. The fraction of sp³-hybridized carbons (Fsp3) is 0.118. The predicted octanol–water partition coefficient (Wildman–Crippen LogP) is 5.49. The van der Waals surface area contributed by atoms with E-state index in [2.05, 4.69) is 4.98 Å². The summed E-state index contributed by atoms with van der Waals surface area (Å²) in [7, 11) is 0. The van der Waals surface area contributed by atoms with E-state index < -0.39 is 0 Å². The van der Waals surface area contributed by atoms with Gasteiger partial charge in [-0.05, 0) is 30.5 Å². The van der Waals surface area contributed by atoms with Crippen molar-refractivity contribution >= 4 is 34.3 Å². The van der Waals surface area contributed by atoms with Gasteiger partial charge in [-0.15, -0.1) is 23.4 Å². The van der Waals surface area contributed by atoms with E-state index in [0.717, 1.165) is 27.1 Å². The van der Waals surface area contributed by atoms with Crippen molar-refractivity contribution in [3.05, 3.63) is 60.2 Å². The van der Waals surface area contributed by atoms with Crippen molar-refractivity contribution in [2.24, 2.45) is 0 Å². The van der Waals surface area contributed by atoms with Crippen LogP contribution in [0.1, 0.15) is 5.56 Å². The molecule has 0 spiro atoms. The molecular weight excluding hydrogens is 302 g/mol. The topological polar surface area (TPSA) is 22.1 Å². The Morgan fingerprint density at radius 3 is 2.67 bits per heavy atom. The van der Waals surface area contributed by atoms with E-state index in [1.807, 2.05) is 60.9 Å². The Bertz CT molecular complexity index is 776. The number of aromatic nitrogens is 1. The van der Waals surface area contributed by atoms with Crippen molar-refractivity contribution in [3.8, 4) is 11.6 Å². The number of halogens is 1. The predicted molar refractivity (Wildman–Crippen MR) is 89.6 cm³/mol. The molecular formula is C17H14ClNOS. The lowest BCUT2D eigenvalue weighted by molar-refractivity contribution is 0.450. The molecule has 0 radical (unpaired) electrons. The van der Waals surface area contributed by atoms with E-state index in [-0.39, 0.29) is 0 Å². The van der Waals surface area contributed by atoms with Crippen LogP contribution >= 0.6 is 23.4 Å². The fourth-order valence-corrected chi connectivity index (χ4v) is 2.85. The Morgan fingerprint density at radius 1 is 1.10 bits per heavy atom. The third-order valence-corrected chi connectivity index (χ3v) is 4.25. The molecule has 0 N–H and O–H groups in total. The van der Waals surface area contributed by atoms with Crippen molar-refractivity contribution in [1.29, 1.82) is 0 Å². The summed E-state index contributed by atoms with van der Waals surface area (Å²) in [5.41, 5.74) is 1.80. The first-order chi connectivity index (χ1) is 10.3. The molecule has 21 heavy (non-hydrogen) atoms. The molecule has 0 aliphatic rings. The number of alkyl halides is 1. The molecule has 0 bridgehead atoms. The monoisotopic (exact) mass is 315 g/mol. The number of para-hydroxylation sites is 2. The number of ether oxygens (including phenoxy) is 1. The van der Waals surface area contributed by atoms with E-state index in [1.54, 1.807) is 11.8 Å². The third-order valence-electron chi connectivity index (χ3n) is 3.18. The highest BCUT2D eigenvalue weighted by Gasteiger charge is 2.10. The number of thioether (sulfide) groups is 1. The molecule has 0 saturated carbocycles. The minimum Gasteiger partial charge on any atom is -0.438 e. The van der Waals surface area contributed by atoms with E-state index in [1.165, 1.54) is 0 Å². The average Bonchev–Trinajstić information content (AvgIpc) is 2.54. The minimum absolute atomic E-state index is 0.370. The summed E-state index contributed by atoms with van der Waals surface area (Å²) in [6.07, 6.45) is 2.03. The molecule has 0 aliphatic heterocycles. The molecule has 0 amide bonds. The summed E-state index contributed by atoms with van der Waals surface area (Å²) >= 11 is 7.69. The lowest BCUT2D eigenvalue weighted by Crippen LogP contribution is -1.95. The van der Waals surface area contributed by atoms with Crippen LogP contribution in [0.3, 0.4) is 0 Å². The normalized spacial score (nSPS) is 10.8. The Balaban J connectivity index is 2.06. The van der Waals surface area contributed by atoms with Gasteiger partial charge in [0.25, 0.3) is 0 Å². The Labute approximate surface area is 133 Å². The van der Waals surface area contributed by atoms with Gasteiger partial charge in [0.2, 0.25) is 5.88 Å². The van der Waals surface area contributed by atoms with Crippen LogP contribution in [-0.2, 0) is 5.88 Å². The summed E-state index contributed by atoms with van der Waals surface area (Å²) in [4.78, 5) is 5.68. The molecule has 3 rings (SSSR count). The highest BCUT2D eigenvalue weighted by Crippen LogP contribution is 2.33. The largest absolute Gasteiger partial charge is 0.438 e. The molecule has 0 unspecified atom stereocenters. The molecule has 0 atom stereocenters. The molecule has 2 aromatic carbocycles. The number of fused-ring (bicyclic) bond motifs is 1. The van der Waals surface area contributed by atoms with E-state index in [0.29, 0.717) is 11.8 Å². The third kappa shape index (κ3) is 2.99. The molecule has 0 saturated heterocycles. The molecule has 1 aromatic heterocycles. The van der Waals surface area contributed by atoms with Gasteiger partial charge in [0.15, 0.2) is 0 Å². The molecule has 106 valence electrons. The zero-order valence-electron chi connectivity index (χ0n) is 11.5. The average molecular weight is 316 g/mol. The quantitative estimate of drug-likeness (QED) is 0.469. The summed E-state index contributed by atoms with van der Waals surface area (Å²) in [5.74, 6) is 1.75. The summed E-state index contributed by atoms with van der Waals surface area (Å²) in [6, 6.07) is 17.9. The van der Waals surface area contributed by atoms with Crippen LogP contribution in [0.15, 0.2) is 59.5 Å². The molecule has 4 heteroatoms. The smallest absolute Gasteiger partial charge is 0.224 e. The van der Waals surface area contributed by atoms with Gasteiger partial charge in [-0.25, -0.2) is 4.98 Å². The number of nitrogens with zero attached hydrogens (tertiary/aromatic N) is 1. The van der Waals surface area contributed by atoms with Crippen LogP contribution < -0.4 is 4.74 Å². The van der Waals surface area contributed by atoms with Gasteiger partial charge in [-0.3, -0.25) is 0 Å². The second-order valence-corrected chi connectivity index (χ2v) is 5.65. The van der Waals surface area contributed by atoms with Crippen LogP contribution in [0.5, 0.6) is 11.6 Å².